The van der Waals surface area contributed by atoms with Gasteiger partial charge in [-0.3, -0.25) is 0 Å². The van der Waals surface area contributed by atoms with Gasteiger partial charge >= 0.3 is 0 Å². The molecule has 0 amide bonds. The van der Waals surface area contributed by atoms with E-state index in [-0.39, 0.29) is 11.6 Å². The Hall–Kier alpha value is -1.62. The van der Waals surface area contributed by atoms with Gasteiger partial charge in [-0.25, -0.2) is 8.42 Å². The lowest BCUT2D eigenvalue weighted by Crippen LogP contribution is -2.25. The number of benzene rings is 1. The smallest absolute Gasteiger partial charge is 0.259 e. The molecule has 0 unspecified atom stereocenters. The predicted molar refractivity (Wildman–Crippen MR) is 78.5 cm³/mol. The van der Waals surface area contributed by atoms with Gasteiger partial charge in [-0.05, 0) is 50.0 Å². The fourth-order valence-electron chi connectivity index (χ4n) is 2.32. The molecule has 19 heavy (non-hydrogen) atoms. The zero-order chi connectivity index (χ0) is 14.4. The van der Waals surface area contributed by atoms with E-state index in [1.54, 1.807) is 0 Å². The molecule has 102 valence electrons. The number of fused-ring (bicyclic) bond motifs is 1. The summed E-state index contributed by atoms with van der Waals surface area (Å²) in [5.74, 6) is 0.0207. The first-order valence-electron chi connectivity index (χ1n) is 6.08. The van der Waals surface area contributed by atoms with Gasteiger partial charge in [0.25, 0.3) is 10.0 Å². The van der Waals surface area contributed by atoms with Crippen LogP contribution in [0.1, 0.15) is 43.0 Å². The lowest BCUT2D eigenvalue weighted by atomic mass is 9.90. The van der Waals surface area contributed by atoms with Gasteiger partial charge in [-0.1, -0.05) is 17.7 Å². The van der Waals surface area contributed by atoms with Crippen LogP contribution >= 0.6 is 0 Å². The fraction of sp³-hybridized carbons (Fsp3) is 0.357. The van der Waals surface area contributed by atoms with E-state index in [1.807, 2.05) is 39.8 Å². The second-order valence-corrected chi connectivity index (χ2v) is 6.75. The Labute approximate surface area is 114 Å². The van der Waals surface area contributed by atoms with E-state index in [1.165, 1.54) is 5.57 Å². The molecule has 0 fully saturated rings. The van der Waals surface area contributed by atoms with Crippen LogP contribution in [0.3, 0.4) is 0 Å². The molecule has 0 aliphatic carbocycles. The summed E-state index contributed by atoms with van der Waals surface area (Å²) in [5, 5.41) is 0. The monoisotopic (exact) mass is 278 g/mol. The molecule has 0 bridgehead atoms. The molecule has 0 radical (unpaired) electrons. The minimum Gasteiger partial charge on any atom is -0.383 e. The molecule has 1 aromatic carbocycles. The molecule has 0 atom stereocenters. The summed E-state index contributed by atoms with van der Waals surface area (Å²) in [6.07, 6.45) is 0. The maximum absolute atomic E-state index is 11.6. The van der Waals surface area contributed by atoms with Crippen molar-refractivity contribution in [1.29, 1.82) is 0 Å². The number of rotatable bonds is 1. The quantitative estimate of drug-likeness (QED) is 0.857. The van der Waals surface area contributed by atoms with Gasteiger partial charge in [-0.15, -0.1) is 4.40 Å². The van der Waals surface area contributed by atoms with Crippen molar-refractivity contribution in [3.63, 3.8) is 0 Å². The number of hydrogen-bond donors (Lipinski definition) is 1. The molecule has 1 heterocycles. The Kier molecular flexibility index (Phi) is 3.26. The van der Waals surface area contributed by atoms with Gasteiger partial charge in [0.05, 0.1) is 5.75 Å². The number of amidine groups is 1. The number of allylic oxidation sites excluding steroid dienone is 2. The normalized spacial score (nSPS) is 16.5. The van der Waals surface area contributed by atoms with Gasteiger partial charge < -0.3 is 5.73 Å². The lowest BCUT2D eigenvalue weighted by Gasteiger charge is -2.21. The highest BCUT2D eigenvalue weighted by Gasteiger charge is 2.25. The van der Waals surface area contributed by atoms with Crippen LogP contribution in [-0.4, -0.2) is 14.3 Å². The van der Waals surface area contributed by atoms with Crippen molar-refractivity contribution in [1.82, 2.24) is 0 Å². The summed E-state index contributed by atoms with van der Waals surface area (Å²) < 4.78 is 26.9. The van der Waals surface area contributed by atoms with Crippen molar-refractivity contribution in [2.75, 3.05) is 0 Å². The molecule has 5 heteroatoms. The minimum atomic E-state index is -3.47. The van der Waals surface area contributed by atoms with Crippen LogP contribution in [-0.2, 0) is 15.8 Å². The summed E-state index contributed by atoms with van der Waals surface area (Å²) in [7, 11) is -3.47. The van der Waals surface area contributed by atoms with E-state index in [0.717, 1.165) is 27.8 Å². The van der Waals surface area contributed by atoms with E-state index < -0.39 is 10.0 Å². The maximum atomic E-state index is 11.6. The first-order chi connectivity index (χ1) is 8.73. The lowest BCUT2D eigenvalue weighted by molar-refractivity contribution is 0.596. The van der Waals surface area contributed by atoms with E-state index >= 15 is 0 Å². The highest BCUT2D eigenvalue weighted by atomic mass is 32.2. The Balaban J connectivity index is 2.84. The van der Waals surface area contributed by atoms with Gasteiger partial charge in [-0.2, -0.15) is 0 Å². The van der Waals surface area contributed by atoms with Crippen LogP contribution in [0.25, 0.3) is 5.57 Å². The highest BCUT2D eigenvalue weighted by molar-refractivity contribution is 7.89. The Bertz CT molecular complexity index is 709. The van der Waals surface area contributed by atoms with E-state index in [2.05, 4.69) is 4.40 Å². The summed E-state index contributed by atoms with van der Waals surface area (Å²) in [6.45, 7) is 8.08. The van der Waals surface area contributed by atoms with Crippen LogP contribution in [0.4, 0.5) is 0 Å². The van der Waals surface area contributed by atoms with Gasteiger partial charge in [0.2, 0.25) is 0 Å². The van der Waals surface area contributed by atoms with E-state index in [9.17, 15) is 8.42 Å². The average molecular weight is 278 g/mol. The van der Waals surface area contributed by atoms with Crippen LogP contribution < -0.4 is 5.73 Å². The van der Waals surface area contributed by atoms with Gasteiger partial charge in [0.1, 0.15) is 5.84 Å². The third-order valence-corrected chi connectivity index (χ3v) is 4.61. The first kappa shape index (κ1) is 13.8. The number of sulfonamides is 1. The molecule has 2 N–H and O–H groups in total. The molecule has 0 aromatic heterocycles. The molecule has 0 saturated heterocycles. The average Bonchev–Trinajstić information content (AvgIpc) is 2.27. The van der Waals surface area contributed by atoms with Crippen molar-refractivity contribution < 1.29 is 8.42 Å². The van der Waals surface area contributed by atoms with Gasteiger partial charge in [0.15, 0.2) is 0 Å². The summed E-state index contributed by atoms with van der Waals surface area (Å²) in [6, 6.07) is 3.76. The third kappa shape index (κ3) is 2.42. The number of nitrogens with two attached hydrogens (primary N) is 1. The fourth-order valence-corrected chi connectivity index (χ4v) is 3.41. The molecule has 0 saturated carbocycles. The summed E-state index contributed by atoms with van der Waals surface area (Å²) in [5.41, 5.74) is 11.8. The van der Waals surface area contributed by atoms with Crippen molar-refractivity contribution in [3.8, 4) is 0 Å². The van der Waals surface area contributed by atoms with Crippen LogP contribution in [0, 0.1) is 6.92 Å². The predicted octanol–water partition coefficient (Wildman–Crippen LogP) is 2.36. The second-order valence-electron chi connectivity index (χ2n) is 5.12. The van der Waals surface area contributed by atoms with Crippen LogP contribution in [0.2, 0.25) is 0 Å². The second kappa shape index (κ2) is 4.49. The molecule has 1 aliphatic heterocycles. The minimum absolute atomic E-state index is 0.0770. The summed E-state index contributed by atoms with van der Waals surface area (Å²) >= 11 is 0. The van der Waals surface area contributed by atoms with Crippen molar-refractivity contribution in [3.05, 3.63) is 40.0 Å². The number of aryl methyl sites for hydroxylation is 1. The van der Waals surface area contributed by atoms with Crippen molar-refractivity contribution >= 4 is 21.4 Å². The first-order valence-corrected chi connectivity index (χ1v) is 7.69. The van der Waals surface area contributed by atoms with E-state index in [0.29, 0.717) is 0 Å². The number of nitrogens with zero attached hydrogens (tertiary/aromatic N) is 1. The topological polar surface area (TPSA) is 72.5 Å². The van der Waals surface area contributed by atoms with Crippen molar-refractivity contribution in [2.45, 2.75) is 33.4 Å². The molecule has 0 spiro atoms. The van der Waals surface area contributed by atoms with Gasteiger partial charge in [0, 0.05) is 5.56 Å². The molecular weight excluding hydrogens is 260 g/mol. The maximum Gasteiger partial charge on any atom is 0.259 e. The zero-order valence-electron chi connectivity index (χ0n) is 11.6. The highest BCUT2D eigenvalue weighted by Crippen LogP contribution is 2.31. The van der Waals surface area contributed by atoms with Crippen molar-refractivity contribution in [2.24, 2.45) is 10.1 Å². The largest absolute Gasteiger partial charge is 0.383 e. The Morgan fingerprint density at radius 2 is 1.89 bits per heavy atom. The SMILES string of the molecule is CC(C)=C(C)c1c(C)ccc2c1C(N)=NS(=O)(=O)C2. The van der Waals surface area contributed by atoms with E-state index in [4.69, 9.17) is 5.73 Å². The standard InChI is InChI=1S/C14H18N2O2S/c1-8(2)10(4)12-9(3)5-6-11-7-19(17,18)16-14(15)13(11)12/h5-6H,7H2,1-4H3,(H2,15,16). The molecule has 1 aliphatic rings. The van der Waals surface area contributed by atoms with Crippen LogP contribution in [0.15, 0.2) is 22.1 Å². The molecule has 2 rings (SSSR count). The molecule has 1 aromatic rings. The zero-order valence-corrected chi connectivity index (χ0v) is 12.4. The molecular formula is C14H18N2O2S. The summed E-state index contributed by atoms with van der Waals surface area (Å²) in [4.78, 5) is 0. The molecule has 4 nitrogen and oxygen atoms in total. The Morgan fingerprint density at radius 1 is 1.26 bits per heavy atom. The number of hydrogen-bond acceptors (Lipinski definition) is 3. The van der Waals surface area contributed by atoms with Crippen LogP contribution in [0.5, 0.6) is 0 Å². The third-order valence-electron chi connectivity index (χ3n) is 3.46. The Morgan fingerprint density at radius 3 is 2.47 bits per heavy atom.